The van der Waals surface area contributed by atoms with Crippen molar-refractivity contribution in [2.24, 2.45) is 5.92 Å². The summed E-state index contributed by atoms with van der Waals surface area (Å²) in [6.45, 7) is 4.78. The van der Waals surface area contributed by atoms with Crippen LogP contribution in [0.3, 0.4) is 0 Å². The third kappa shape index (κ3) is 10.1. The fourth-order valence-corrected chi connectivity index (χ4v) is 5.72. The lowest BCUT2D eigenvalue weighted by molar-refractivity contribution is -0.141. The number of amides is 2. The van der Waals surface area contributed by atoms with E-state index in [-0.39, 0.29) is 43.7 Å². The molecule has 1 unspecified atom stereocenters. The van der Waals surface area contributed by atoms with Gasteiger partial charge in [-0.15, -0.1) is 0 Å². The second-order valence-corrected chi connectivity index (χ2v) is 13.0. The Bertz CT molecular complexity index is 1430. The normalized spacial score (nSPS) is 12.0. The molecule has 0 spiro atoms. The number of nitrogens with zero attached hydrogens (tertiary/aromatic N) is 2. The Morgan fingerprint density at radius 3 is 2.29 bits per heavy atom. The zero-order valence-electron chi connectivity index (χ0n) is 24.6. The molecule has 0 aliphatic heterocycles. The average Bonchev–Trinajstić information content (AvgIpc) is 2.95. The van der Waals surface area contributed by atoms with Gasteiger partial charge in [-0.05, 0) is 53.8 Å². The minimum Gasteiger partial charge on any atom is -0.497 e. The maximum absolute atomic E-state index is 13.9. The monoisotopic (exact) mass is 613 g/mol. The van der Waals surface area contributed by atoms with Gasteiger partial charge in [0.1, 0.15) is 11.8 Å². The van der Waals surface area contributed by atoms with E-state index in [1.165, 1.54) is 4.31 Å². The van der Waals surface area contributed by atoms with Gasteiger partial charge in [-0.25, -0.2) is 8.42 Å². The highest BCUT2D eigenvalue weighted by molar-refractivity contribution is 7.92. The maximum Gasteiger partial charge on any atom is 0.243 e. The summed E-state index contributed by atoms with van der Waals surface area (Å²) in [5, 5.41) is 3.42. The van der Waals surface area contributed by atoms with Crippen LogP contribution in [0.4, 0.5) is 5.69 Å². The number of carbonyl (C=O) groups is 2. The highest BCUT2D eigenvalue weighted by Crippen LogP contribution is 2.23. The summed E-state index contributed by atoms with van der Waals surface area (Å²) in [6, 6.07) is 22.8. The molecule has 0 aliphatic rings. The first-order valence-corrected chi connectivity index (χ1v) is 16.2. The molecule has 0 aromatic heterocycles. The summed E-state index contributed by atoms with van der Waals surface area (Å²) in [7, 11) is -2.05. The van der Waals surface area contributed by atoms with Crippen LogP contribution >= 0.6 is 11.6 Å². The van der Waals surface area contributed by atoms with E-state index in [4.69, 9.17) is 16.3 Å². The number of methoxy groups -OCH3 is 1. The van der Waals surface area contributed by atoms with Crippen molar-refractivity contribution in [2.45, 2.75) is 45.7 Å². The van der Waals surface area contributed by atoms with Crippen LogP contribution < -0.4 is 14.4 Å². The van der Waals surface area contributed by atoms with E-state index in [0.717, 1.165) is 17.4 Å². The molecular formula is C32H40ClN3O5S. The van der Waals surface area contributed by atoms with Gasteiger partial charge >= 0.3 is 0 Å². The Hall–Kier alpha value is -3.56. The van der Waals surface area contributed by atoms with Gasteiger partial charge < -0.3 is 15.0 Å². The van der Waals surface area contributed by atoms with Crippen LogP contribution in [0.2, 0.25) is 5.02 Å². The Morgan fingerprint density at radius 2 is 1.64 bits per heavy atom. The van der Waals surface area contributed by atoms with Gasteiger partial charge in [0.25, 0.3) is 0 Å². The van der Waals surface area contributed by atoms with Gasteiger partial charge in [-0.1, -0.05) is 74.0 Å². The molecule has 0 saturated heterocycles. The fraction of sp³-hybridized carbons (Fsp3) is 0.375. The van der Waals surface area contributed by atoms with Crippen LogP contribution in [-0.2, 0) is 32.6 Å². The molecule has 2 amide bonds. The molecule has 0 heterocycles. The van der Waals surface area contributed by atoms with Crippen LogP contribution in [0.15, 0.2) is 78.9 Å². The van der Waals surface area contributed by atoms with E-state index in [9.17, 15) is 18.0 Å². The van der Waals surface area contributed by atoms with Gasteiger partial charge in [0, 0.05) is 37.5 Å². The number of anilines is 1. The van der Waals surface area contributed by atoms with Gasteiger partial charge in [0.2, 0.25) is 21.8 Å². The zero-order valence-corrected chi connectivity index (χ0v) is 26.2. The molecule has 0 fully saturated rings. The lowest BCUT2D eigenvalue weighted by Crippen LogP contribution is -2.51. The summed E-state index contributed by atoms with van der Waals surface area (Å²) < 4.78 is 31.8. The molecule has 10 heteroatoms. The highest BCUT2D eigenvalue weighted by Gasteiger charge is 2.30. The van der Waals surface area contributed by atoms with E-state index in [2.05, 4.69) is 5.32 Å². The maximum atomic E-state index is 13.9. The first kappa shape index (κ1) is 32.9. The molecule has 3 aromatic rings. The van der Waals surface area contributed by atoms with Crippen molar-refractivity contribution in [1.29, 1.82) is 0 Å². The lowest BCUT2D eigenvalue weighted by Gasteiger charge is -2.32. The molecular weight excluding hydrogens is 574 g/mol. The molecule has 0 bridgehead atoms. The van der Waals surface area contributed by atoms with Gasteiger partial charge in [-0.3, -0.25) is 13.9 Å². The van der Waals surface area contributed by atoms with E-state index in [1.54, 1.807) is 36.3 Å². The third-order valence-electron chi connectivity index (χ3n) is 6.69. The minimum absolute atomic E-state index is 0.0410. The topological polar surface area (TPSA) is 96.0 Å². The Morgan fingerprint density at radius 1 is 0.952 bits per heavy atom. The number of ether oxygens (including phenoxy) is 1. The summed E-state index contributed by atoms with van der Waals surface area (Å²) in [6.07, 6.45) is 1.75. The Labute approximate surface area is 254 Å². The smallest absolute Gasteiger partial charge is 0.243 e. The molecule has 0 aliphatic carbocycles. The van der Waals surface area contributed by atoms with E-state index < -0.39 is 16.1 Å². The largest absolute Gasteiger partial charge is 0.497 e. The number of hydrogen-bond acceptors (Lipinski definition) is 5. The van der Waals surface area contributed by atoms with Gasteiger partial charge in [-0.2, -0.15) is 0 Å². The molecule has 8 nitrogen and oxygen atoms in total. The first-order chi connectivity index (χ1) is 20.0. The Balaban J connectivity index is 1.90. The molecule has 42 heavy (non-hydrogen) atoms. The first-order valence-electron chi connectivity index (χ1n) is 13.9. The number of rotatable bonds is 15. The quantitative estimate of drug-likeness (QED) is 0.251. The fourth-order valence-electron chi connectivity index (χ4n) is 4.58. The van der Waals surface area contributed by atoms with Crippen molar-refractivity contribution in [3.8, 4) is 5.75 Å². The molecule has 3 aromatic carbocycles. The van der Waals surface area contributed by atoms with Crippen molar-refractivity contribution in [3.05, 3.63) is 95.0 Å². The minimum atomic E-state index is -3.62. The Kier molecular flexibility index (Phi) is 12.2. The molecule has 3 rings (SSSR count). The molecule has 0 saturated carbocycles. The second kappa shape index (κ2) is 15.6. The zero-order chi connectivity index (χ0) is 30.7. The van der Waals surface area contributed by atoms with Crippen LogP contribution in [0.5, 0.6) is 5.75 Å². The van der Waals surface area contributed by atoms with E-state index in [0.29, 0.717) is 29.4 Å². The second-order valence-electron chi connectivity index (χ2n) is 10.6. The van der Waals surface area contributed by atoms with Crippen molar-refractivity contribution >= 4 is 39.1 Å². The predicted octanol–water partition coefficient (Wildman–Crippen LogP) is 5.31. The van der Waals surface area contributed by atoms with Crippen molar-refractivity contribution in [3.63, 3.8) is 0 Å². The summed E-state index contributed by atoms with van der Waals surface area (Å²) >= 11 is 6.11. The number of benzene rings is 3. The van der Waals surface area contributed by atoms with Crippen molar-refractivity contribution in [2.75, 3.05) is 30.8 Å². The number of halogens is 1. The summed E-state index contributed by atoms with van der Waals surface area (Å²) in [5.41, 5.74) is 2.17. The van der Waals surface area contributed by atoms with Gasteiger partial charge in [0.15, 0.2) is 0 Å². The predicted molar refractivity (Wildman–Crippen MR) is 168 cm³/mol. The number of hydrogen-bond donors (Lipinski definition) is 1. The number of sulfonamides is 1. The average molecular weight is 614 g/mol. The standard InChI is InChI=1S/C32H40ClN3O5S/c1-24(2)22-34-32(38)30(20-25-11-6-5-7-12-25)35(23-26-13-8-16-29(19-26)41-3)31(37)17-10-18-36(42(4,39)40)28-15-9-14-27(33)21-28/h5-9,11-16,19,21,24,30H,10,17-18,20,22-23H2,1-4H3,(H,34,38). The van der Waals surface area contributed by atoms with Gasteiger partial charge in [0.05, 0.1) is 19.1 Å². The van der Waals surface area contributed by atoms with E-state index in [1.807, 2.05) is 68.4 Å². The number of carbonyl (C=O) groups excluding carboxylic acids is 2. The van der Waals surface area contributed by atoms with Crippen LogP contribution in [0.25, 0.3) is 0 Å². The van der Waals surface area contributed by atoms with E-state index >= 15 is 0 Å². The van der Waals surface area contributed by atoms with Crippen LogP contribution in [-0.4, -0.2) is 57.6 Å². The SMILES string of the molecule is COc1cccc(CN(C(=O)CCCN(c2cccc(Cl)c2)S(C)(=O)=O)C(Cc2ccccc2)C(=O)NCC(C)C)c1. The van der Waals surface area contributed by atoms with Crippen LogP contribution in [0.1, 0.15) is 37.8 Å². The lowest BCUT2D eigenvalue weighted by atomic mass is 10.0. The molecule has 0 radical (unpaired) electrons. The molecule has 1 atom stereocenters. The summed E-state index contributed by atoms with van der Waals surface area (Å²) in [4.78, 5) is 29.1. The number of nitrogens with one attached hydrogen (secondary N) is 1. The molecule has 226 valence electrons. The molecule has 1 N–H and O–H groups in total. The summed E-state index contributed by atoms with van der Waals surface area (Å²) in [5.74, 6) is 0.398. The van der Waals surface area contributed by atoms with Crippen LogP contribution in [0, 0.1) is 5.92 Å². The van der Waals surface area contributed by atoms with Crippen molar-refractivity contribution in [1.82, 2.24) is 10.2 Å². The highest BCUT2D eigenvalue weighted by atomic mass is 35.5. The third-order valence-corrected chi connectivity index (χ3v) is 8.12. The van der Waals surface area contributed by atoms with Crippen molar-refractivity contribution < 1.29 is 22.7 Å².